The van der Waals surface area contributed by atoms with Crippen molar-refractivity contribution in [3.63, 3.8) is 0 Å². The van der Waals surface area contributed by atoms with Crippen LogP contribution in [-0.2, 0) is 19.1 Å². The fraction of sp³-hybridized carbons (Fsp3) is 0.355. The first kappa shape index (κ1) is 28.4. The highest BCUT2D eigenvalue weighted by Crippen LogP contribution is 2.46. The maximum atomic E-state index is 13.8. The van der Waals surface area contributed by atoms with E-state index in [-0.39, 0.29) is 29.9 Å². The number of hydrogen-bond donors (Lipinski definition) is 0. The van der Waals surface area contributed by atoms with Crippen molar-refractivity contribution in [3.05, 3.63) is 89.5 Å². The maximum Gasteiger partial charge on any atom is 0.421 e. The third kappa shape index (κ3) is 6.12. The SMILES string of the molecule is COc1ccc(OCCCN2CCC(C(c3ccc(F)cc3)c3ccc(F)cc3)CC23OC(=O)C(=O)O3)cc1OC. The number of carbonyl (C=O) groups excluding carboxylic acids is 2. The van der Waals surface area contributed by atoms with Crippen LogP contribution in [0, 0.1) is 17.6 Å². The molecule has 0 bridgehead atoms. The van der Waals surface area contributed by atoms with Crippen LogP contribution in [-0.4, -0.2) is 56.7 Å². The second-order valence-corrected chi connectivity index (χ2v) is 10.0. The predicted molar refractivity (Wildman–Crippen MR) is 144 cm³/mol. The molecule has 41 heavy (non-hydrogen) atoms. The van der Waals surface area contributed by atoms with Gasteiger partial charge in [0.25, 0.3) is 0 Å². The summed E-state index contributed by atoms with van der Waals surface area (Å²) in [6.07, 6.45) is 1.41. The van der Waals surface area contributed by atoms with Gasteiger partial charge in [-0.2, -0.15) is 0 Å². The van der Waals surface area contributed by atoms with E-state index in [0.717, 1.165) is 11.1 Å². The molecule has 0 aromatic heterocycles. The second-order valence-electron chi connectivity index (χ2n) is 10.0. The maximum absolute atomic E-state index is 13.8. The van der Waals surface area contributed by atoms with Gasteiger partial charge in [0, 0.05) is 31.5 Å². The van der Waals surface area contributed by atoms with Gasteiger partial charge in [-0.15, -0.1) is 0 Å². The largest absolute Gasteiger partial charge is 0.493 e. The molecule has 3 aromatic carbocycles. The lowest BCUT2D eigenvalue weighted by molar-refractivity contribution is -0.272. The van der Waals surface area contributed by atoms with Gasteiger partial charge in [-0.05, 0) is 66.3 Å². The molecule has 0 radical (unpaired) electrons. The molecule has 1 unspecified atom stereocenters. The normalized spacial score (nSPS) is 18.3. The summed E-state index contributed by atoms with van der Waals surface area (Å²) in [6.45, 7) is 1.24. The van der Waals surface area contributed by atoms with Crippen molar-refractivity contribution in [2.45, 2.75) is 31.1 Å². The van der Waals surface area contributed by atoms with Gasteiger partial charge < -0.3 is 23.7 Å². The highest BCUT2D eigenvalue weighted by Gasteiger charge is 2.56. The molecule has 2 aliphatic heterocycles. The Bertz CT molecular complexity index is 1320. The molecule has 8 nitrogen and oxygen atoms in total. The van der Waals surface area contributed by atoms with E-state index in [1.165, 1.54) is 24.3 Å². The zero-order valence-corrected chi connectivity index (χ0v) is 22.8. The molecule has 2 aliphatic rings. The van der Waals surface area contributed by atoms with Gasteiger partial charge in [0.05, 0.1) is 20.8 Å². The van der Waals surface area contributed by atoms with Crippen LogP contribution in [0.15, 0.2) is 66.7 Å². The number of ether oxygens (including phenoxy) is 5. The van der Waals surface area contributed by atoms with Gasteiger partial charge in [-0.1, -0.05) is 24.3 Å². The highest BCUT2D eigenvalue weighted by atomic mass is 19.1. The van der Waals surface area contributed by atoms with Crippen LogP contribution in [0.25, 0.3) is 0 Å². The number of nitrogens with zero attached hydrogens (tertiary/aromatic N) is 1. The summed E-state index contributed by atoms with van der Waals surface area (Å²) in [5.41, 5.74) is 1.65. The molecule has 1 spiro atoms. The van der Waals surface area contributed by atoms with Crippen molar-refractivity contribution in [1.82, 2.24) is 4.90 Å². The van der Waals surface area contributed by atoms with E-state index in [1.807, 2.05) is 4.90 Å². The Morgan fingerprint density at radius 1 is 0.878 bits per heavy atom. The topological polar surface area (TPSA) is 83.5 Å². The van der Waals surface area contributed by atoms with Crippen LogP contribution >= 0.6 is 0 Å². The molecule has 0 amide bonds. The van der Waals surface area contributed by atoms with Crippen LogP contribution in [0.1, 0.15) is 36.3 Å². The number of methoxy groups -OCH3 is 2. The van der Waals surface area contributed by atoms with Gasteiger partial charge in [-0.3, -0.25) is 0 Å². The van der Waals surface area contributed by atoms with Crippen molar-refractivity contribution >= 4 is 11.9 Å². The molecule has 1 atom stereocenters. The fourth-order valence-corrected chi connectivity index (χ4v) is 5.66. The molecule has 3 aromatic rings. The summed E-state index contributed by atoms with van der Waals surface area (Å²) in [6, 6.07) is 17.6. The fourth-order valence-electron chi connectivity index (χ4n) is 5.66. The smallest absolute Gasteiger partial charge is 0.421 e. The Balaban J connectivity index is 1.32. The van der Waals surface area contributed by atoms with Crippen LogP contribution in [0.4, 0.5) is 8.78 Å². The summed E-state index contributed by atoms with van der Waals surface area (Å²) < 4.78 is 55.2. The first-order chi connectivity index (χ1) is 19.8. The van der Waals surface area contributed by atoms with Gasteiger partial charge in [-0.25, -0.2) is 23.3 Å². The molecule has 0 aliphatic carbocycles. The molecule has 0 saturated carbocycles. The van der Waals surface area contributed by atoms with Gasteiger partial charge >= 0.3 is 17.8 Å². The minimum absolute atomic E-state index is 0.163. The first-order valence-corrected chi connectivity index (χ1v) is 13.4. The first-order valence-electron chi connectivity index (χ1n) is 13.4. The Hall–Kier alpha value is -4.18. The highest BCUT2D eigenvalue weighted by molar-refractivity contribution is 6.31. The van der Waals surface area contributed by atoms with E-state index in [1.54, 1.807) is 56.7 Å². The van der Waals surface area contributed by atoms with Crippen LogP contribution in [0.2, 0.25) is 0 Å². The Kier molecular flexibility index (Phi) is 8.39. The molecule has 2 fully saturated rings. The van der Waals surface area contributed by atoms with E-state index in [4.69, 9.17) is 23.7 Å². The average molecular weight is 568 g/mol. The predicted octanol–water partition coefficient (Wildman–Crippen LogP) is 5.05. The lowest BCUT2D eigenvalue weighted by Crippen LogP contribution is -2.56. The average Bonchev–Trinajstić information content (AvgIpc) is 3.26. The minimum Gasteiger partial charge on any atom is -0.493 e. The zero-order valence-electron chi connectivity index (χ0n) is 22.8. The van der Waals surface area contributed by atoms with E-state index in [9.17, 15) is 18.4 Å². The standard InChI is InChI=1S/C31H31F2NO7/c1-37-26-13-12-25(18-27(26)38-2)39-17-3-15-34-16-14-22(19-31(34)40-29(35)30(36)41-31)28(20-4-8-23(32)9-5-20)21-6-10-24(33)11-7-21/h4-13,18,22,28H,3,14-17,19H2,1-2H3. The number of esters is 2. The molecule has 10 heteroatoms. The van der Waals surface area contributed by atoms with Crippen molar-refractivity contribution in [3.8, 4) is 17.2 Å². The number of rotatable bonds is 10. The molecule has 216 valence electrons. The van der Waals surface area contributed by atoms with Gasteiger partial charge in [0.1, 0.15) is 17.4 Å². The Morgan fingerprint density at radius 3 is 2.02 bits per heavy atom. The van der Waals surface area contributed by atoms with Crippen molar-refractivity contribution < 1.29 is 42.1 Å². The molecular weight excluding hydrogens is 536 g/mol. The summed E-state index contributed by atoms with van der Waals surface area (Å²) in [4.78, 5) is 26.4. The number of halogens is 2. The van der Waals surface area contributed by atoms with Crippen LogP contribution < -0.4 is 14.2 Å². The number of benzene rings is 3. The van der Waals surface area contributed by atoms with Gasteiger partial charge in [0.15, 0.2) is 11.5 Å². The summed E-state index contributed by atoms with van der Waals surface area (Å²) in [5.74, 6) is -3.09. The Labute approximate surface area is 236 Å². The molecular formula is C31H31F2NO7. The van der Waals surface area contributed by atoms with Crippen LogP contribution in [0.3, 0.4) is 0 Å². The van der Waals surface area contributed by atoms with E-state index in [2.05, 4.69) is 0 Å². The zero-order chi connectivity index (χ0) is 29.0. The number of hydrogen-bond acceptors (Lipinski definition) is 8. The molecule has 2 saturated heterocycles. The summed E-state index contributed by atoms with van der Waals surface area (Å²) >= 11 is 0. The number of likely N-dealkylation sites (tertiary alicyclic amines) is 1. The lowest BCUT2D eigenvalue weighted by Gasteiger charge is -2.45. The number of piperidine rings is 1. The lowest BCUT2D eigenvalue weighted by atomic mass is 9.75. The minimum atomic E-state index is -1.57. The van der Waals surface area contributed by atoms with Gasteiger partial charge in [0.2, 0.25) is 0 Å². The second kappa shape index (κ2) is 12.1. The van der Waals surface area contributed by atoms with Crippen LogP contribution in [0.5, 0.6) is 17.2 Å². The third-order valence-corrected chi connectivity index (χ3v) is 7.57. The third-order valence-electron chi connectivity index (χ3n) is 7.57. The monoisotopic (exact) mass is 567 g/mol. The van der Waals surface area contributed by atoms with E-state index in [0.29, 0.717) is 49.8 Å². The number of carbonyl (C=O) groups is 2. The van der Waals surface area contributed by atoms with E-state index >= 15 is 0 Å². The summed E-state index contributed by atoms with van der Waals surface area (Å²) in [5, 5.41) is 0. The quantitative estimate of drug-likeness (QED) is 0.191. The van der Waals surface area contributed by atoms with E-state index < -0.39 is 17.8 Å². The molecule has 2 heterocycles. The van der Waals surface area contributed by atoms with Crippen molar-refractivity contribution in [2.75, 3.05) is 33.9 Å². The Morgan fingerprint density at radius 2 is 1.46 bits per heavy atom. The molecule has 0 N–H and O–H groups in total. The molecule has 5 rings (SSSR count). The van der Waals surface area contributed by atoms with Crippen molar-refractivity contribution in [2.24, 2.45) is 5.92 Å². The van der Waals surface area contributed by atoms with Crippen molar-refractivity contribution in [1.29, 1.82) is 0 Å². The summed E-state index contributed by atoms with van der Waals surface area (Å²) in [7, 11) is 3.10.